The van der Waals surface area contributed by atoms with Crippen molar-refractivity contribution in [3.05, 3.63) is 53.3 Å². The number of hydrogen-bond acceptors (Lipinski definition) is 5. The first kappa shape index (κ1) is 16.8. The van der Waals surface area contributed by atoms with Crippen molar-refractivity contribution in [2.24, 2.45) is 0 Å². The van der Waals surface area contributed by atoms with Crippen LogP contribution in [0.3, 0.4) is 0 Å². The van der Waals surface area contributed by atoms with E-state index in [0.717, 1.165) is 22.0 Å². The second-order valence-electron chi connectivity index (χ2n) is 6.30. The number of hydrogen-bond donors (Lipinski definition) is 0. The molecule has 24 heavy (non-hydrogen) atoms. The van der Waals surface area contributed by atoms with Gasteiger partial charge in [0, 0.05) is 11.8 Å². The maximum Gasteiger partial charge on any atom is 0.411 e. The van der Waals surface area contributed by atoms with Gasteiger partial charge in [0.05, 0.1) is 17.3 Å². The smallest absolute Gasteiger partial charge is 0.411 e. The van der Waals surface area contributed by atoms with Gasteiger partial charge in [-0.2, -0.15) is 0 Å². The Kier molecular flexibility index (Phi) is 4.49. The highest BCUT2D eigenvalue weighted by Gasteiger charge is 2.47. The number of rotatable bonds is 3. The van der Waals surface area contributed by atoms with Crippen molar-refractivity contribution < 1.29 is 9.53 Å². The van der Waals surface area contributed by atoms with Crippen molar-refractivity contribution in [2.45, 2.75) is 44.1 Å². The third kappa shape index (κ3) is 2.86. The quantitative estimate of drug-likeness (QED) is 0.619. The van der Waals surface area contributed by atoms with Crippen molar-refractivity contribution >= 4 is 17.9 Å². The summed E-state index contributed by atoms with van der Waals surface area (Å²) < 4.78 is 5.54. The number of fused-ring (bicyclic) bond motifs is 1. The van der Waals surface area contributed by atoms with Crippen LogP contribution in [-0.4, -0.2) is 27.2 Å². The Balaban J connectivity index is 1.82. The van der Waals surface area contributed by atoms with Crippen LogP contribution in [0.25, 0.3) is 0 Å². The Morgan fingerprint density at radius 2 is 2.04 bits per heavy atom. The third-order valence-corrected chi connectivity index (χ3v) is 4.99. The summed E-state index contributed by atoms with van der Waals surface area (Å²) in [5, 5.41) is 0.718. The monoisotopic (exact) mass is 343 g/mol. The summed E-state index contributed by atoms with van der Waals surface area (Å²) in [6.07, 6.45) is 3.44. The summed E-state index contributed by atoms with van der Waals surface area (Å²) >= 11 is 1.50. The van der Waals surface area contributed by atoms with Gasteiger partial charge in [0.1, 0.15) is 6.61 Å². The molecule has 2 heterocycles. The van der Waals surface area contributed by atoms with Crippen molar-refractivity contribution in [3.63, 3.8) is 0 Å². The summed E-state index contributed by atoms with van der Waals surface area (Å²) in [5.74, 6) is 0. The lowest BCUT2D eigenvalue weighted by Gasteiger charge is -2.33. The molecule has 0 radical (unpaired) electrons. The minimum absolute atomic E-state index is 0.146. The van der Waals surface area contributed by atoms with Gasteiger partial charge in [-0.3, -0.25) is 4.90 Å². The Labute approximate surface area is 146 Å². The largest absolute Gasteiger partial charge is 0.445 e. The summed E-state index contributed by atoms with van der Waals surface area (Å²) in [5.41, 5.74) is 2.34. The van der Waals surface area contributed by atoms with Crippen LogP contribution in [0.4, 0.5) is 4.79 Å². The Morgan fingerprint density at radius 1 is 1.33 bits per heavy atom. The fraction of sp³-hybridized carbons (Fsp3) is 0.389. The Hall–Kier alpha value is -2.08. The number of aromatic nitrogens is 2. The van der Waals surface area contributed by atoms with Gasteiger partial charge in [0.25, 0.3) is 0 Å². The van der Waals surface area contributed by atoms with E-state index in [-0.39, 0.29) is 18.7 Å². The highest BCUT2D eigenvalue weighted by Crippen LogP contribution is 2.45. The molecule has 0 saturated carbocycles. The molecular formula is C18H21N3O2S. The standard InChI is InChI=1S/C18H21N3O2S/c1-12-15-14(10-19-16(20-15)24-4)18(2,3)21(12)17(22)23-11-13-8-6-5-7-9-13/h5-10,12H,11H2,1-4H3. The molecule has 1 unspecified atom stereocenters. The molecule has 0 aliphatic carbocycles. The fourth-order valence-corrected chi connectivity index (χ4v) is 3.53. The molecule has 3 rings (SSSR count). The predicted molar refractivity (Wildman–Crippen MR) is 93.7 cm³/mol. The van der Waals surface area contributed by atoms with Crippen molar-refractivity contribution in [2.75, 3.05) is 6.26 Å². The van der Waals surface area contributed by atoms with Gasteiger partial charge in [-0.15, -0.1) is 0 Å². The van der Waals surface area contributed by atoms with E-state index in [0.29, 0.717) is 0 Å². The second-order valence-corrected chi connectivity index (χ2v) is 7.07. The first-order valence-corrected chi connectivity index (χ1v) is 9.09. The van der Waals surface area contributed by atoms with E-state index in [9.17, 15) is 4.79 Å². The van der Waals surface area contributed by atoms with Crippen LogP contribution in [0.15, 0.2) is 41.7 Å². The van der Waals surface area contributed by atoms with E-state index in [4.69, 9.17) is 4.74 Å². The van der Waals surface area contributed by atoms with E-state index >= 15 is 0 Å². The molecule has 126 valence electrons. The molecule has 0 bridgehead atoms. The van der Waals surface area contributed by atoms with Gasteiger partial charge in [0.15, 0.2) is 5.16 Å². The van der Waals surface area contributed by atoms with Crippen LogP contribution in [0, 0.1) is 0 Å². The number of ether oxygens (including phenoxy) is 1. The average molecular weight is 343 g/mol. The lowest BCUT2D eigenvalue weighted by Crippen LogP contribution is -2.42. The number of thioether (sulfide) groups is 1. The van der Waals surface area contributed by atoms with Crippen LogP contribution in [-0.2, 0) is 16.9 Å². The molecule has 5 nitrogen and oxygen atoms in total. The summed E-state index contributed by atoms with van der Waals surface area (Å²) in [4.78, 5) is 23.4. The van der Waals surface area contributed by atoms with Gasteiger partial charge in [-0.05, 0) is 32.6 Å². The zero-order valence-electron chi connectivity index (χ0n) is 14.3. The molecule has 1 aliphatic heterocycles. The zero-order valence-corrected chi connectivity index (χ0v) is 15.1. The first-order valence-electron chi connectivity index (χ1n) is 7.86. The van der Waals surface area contributed by atoms with Gasteiger partial charge in [-0.25, -0.2) is 14.8 Å². The van der Waals surface area contributed by atoms with E-state index in [1.807, 2.05) is 63.6 Å². The van der Waals surface area contributed by atoms with Gasteiger partial charge >= 0.3 is 6.09 Å². The molecule has 0 saturated heterocycles. The first-order chi connectivity index (χ1) is 11.4. The van der Waals surface area contributed by atoms with Gasteiger partial charge in [-0.1, -0.05) is 42.1 Å². The van der Waals surface area contributed by atoms with Crippen LogP contribution >= 0.6 is 11.8 Å². The van der Waals surface area contributed by atoms with Crippen molar-refractivity contribution in [3.8, 4) is 0 Å². The van der Waals surface area contributed by atoms with E-state index in [1.165, 1.54) is 11.8 Å². The molecule has 0 spiro atoms. The average Bonchev–Trinajstić information content (AvgIpc) is 2.79. The number of nitrogens with zero attached hydrogens (tertiary/aromatic N) is 3. The topological polar surface area (TPSA) is 55.3 Å². The molecule has 1 aromatic heterocycles. The van der Waals surface area contributed by atoms with Gasteiger partial charge in [0.2, 0.25) is 0 Å². The number of carbonyl (C=O) groups is 1. The van der Waals surface area contributed by atoms with E-state index in [1.54, 1.807) is 4.90 Å². The lowest BCUT2D eigenvalue weighted by molar-refractivity contribution is 0.0478. The highest BCUT2D eigenvalue weighted by atomic mass is 32.2. The van der Waals surface area contributed by atoms with Gasteiger partial charge < -0.3 is 4.74 Å². The SMILES string of the molecule is CSc1ncc2c(n1)C(C)N(C(=O)OCc1ccccc1)C2(C)C. The molecule has 1 atom stereocenters. The maximum absolute atomic E-state index is 12.7. The second kappa shape index (κ2) is 6.43. The molecule has 1 aliphatic rings. The molecule has 2 aromatic rings. The molecule has 0 fully saturated rings. The number of benzene rings is 1. The molecule has 0 N–H and O–H groups in total. The van der Waals surface area contributed by atoms with Crippen LogP contribution in [0.2, 0.25) is 0 Å². The maximum atomic E-state index is 12.7. The van der Waals surface area contributed by atoms with Crippen LogP contribution in [0.1, 0.15) is 43.6 Å². The molecule has 1 amide bonds. The fourth-order valence-electron chi connectivity index (χ4n) is 3.18. The van der Waals surface area contributed by atoms with E-state index in [2.05, 4.69) is 9.97 Å². The molecule has 1 aromatic carbocycles. The minimum Gasteiger partial charge on any atom is -0.445 e. The van der Waals surface area contributed by atoms with Crippen LogP contribution < -0.4 is 0 Å². The summed E-state index contributed by atoms with van der Waals surface area (Å²) in [6.45, 7) is 6.24. The Morgan fingerprint density at radius 3 is 2.71 bits per heavy atom. The third-order valence-electron chi connectivity index (χ3n) is 4.42. The van der Waals surface area contributed by atoms with E-state index < -0.39 is 5.54 Å². The minimum atomic E-state index is -0.501. The number of amides is 1. The molecular weight excluding hydrogens is 322 g/mol. The molecule has 6 heteroatoms. The predicted octanol–water partition coefficient (Wildman–Crippen LogP) is 4.15. The number of carbonyl (C=O) groups excluding carboxylic acids is 1. The lowest BCUT2D eigenvalue weighted by atomic mass is 9.98. The highest BCUT2D eigenvalue weighted by molar-refractivity contribution is 7.98. The zero-order chi connectivity index (χ0) is 17.3. The van der Waals surface area contributed by atoms with Crippen molar-refractivity contribution in [1.29, 1.82) is 0 Å². The summed E-state index contributed by atoms with van der Waals surface area (Å²) in [6, 6.07) is 9.54. The Bertz CT molecular complexity index is 749. The van der Waals surface area contributed by atoms with Crippen LogP contribution in [0.5, 0.6) is 0 Å². The van der Waals surface area contributed by atoms with Crippen molar-refractivity contribution in [1.82, 2.24) is 14.9 Å². The normalized spacial score (nSPS) is 18.3. The summed E-state index contributed by atoms with van der Waals surface area (Å²) in [7, 11) is 0.